The Morgan fingerprint density at radius 1 is 0.972 bits per heavy atom. The number of carbonyl (C=O) groups is 1. The van der Waals surface area contributed by atoms with Gasteiger partial charge in [-0.15, -0.1) is 0 Å². The number of fused-ring (bicyclic) bond motifs is 1. The SMILES string of the molecule is CC(C)c1ccccc1OCCCn1c(CCCNC(=O)/C=C\c2ccccc2)nc2ccccc21. The second-order valence-corrected chi connectivity index (χ2v) is 9.20. The van der Waals surface area contributed by atoms with Crippen molar-refractivity contribution in [1.29, 1.82) is 0 Å². The van der Waals surface area contributed by atoms with Gasteiger partial charge >= 0.3 is 0 Å². The third-order valence-electron chi connectivity index (χ3n) is 6.16. The van der Waals surface area contributed by atoms with Crippen LogP contribution in [0.25, 0.3) is 17.1 Å². The van der Waals surface area contributed by atoms with Gasteiger partial charge in [-0.2, -0.15) is 0 Å². The van der Waals surface area contributed by atoms with E-state index in [2.05, 4.69) is 60.1 Å². The van der Waals surface area contributed by atoms with Crippen molar-refractivity contribution in [2.24, 2.45) is 0 Å². The molecule has 0 bridgehead atoms. The van der Waals surface area contributed by atoms with Gasteiger partial charge in [-0.25, -0.2) is 4.98 Å². The van der Waals surface area contributed by atoms with Crippen LogP contribution in [0.4, 0.5) is 0 Å². The Morgan fingerprint density at radius 3 is 2.56 bits per heavy atom. The Morgan fingerprint density at radius 2 is 1.72 bits per heavy atom. The number of hydrogen-bond donors (Lipinski definition) is 1. The van der Waals surface area contributed by atoms with Crippen LogP contribution in [0.2, 0.25) is 0 Å². The summed E-state index contributed by atoms with van der Waals surface area (Å²) in [6.07, 6.45) is 5.93. The van der Waals surface area contributed by atoms with E-state index in [1.807, 2.05) is 48.5 Å². The van der Waals surface area contributed by atoms with Gasteiger partial charge in [0.15, 0.2) is 0 Å². The molecule has 4 aromatic rings. The van der Waals surface area contributed by atoms with Crippen molar-refractivity contribution in [3.05, 3.63) is 102 Å². The molecule has 1 heterocycles. The quantitative estimate of drug-likeness (QED) is 0.188. The van der Waals surface area contributed by atoms with Gasteiger partial charge in [0, 0.05) is 25.6 Å². The van der Waals surface area contributed by atoms with E-state index >= 15 is 0 Å². The molecule has 0 saturated heterocycles. The first-order valence-electron chi connectivity index (χ1n) is 12.8. The van der Waals surface area contributed by atoms with Crippen molar-refractivity contribution in [1.82, 2.24) is 14.9 Å². The number of hydrogen-bond acceptors (Lipinski definition) is 3. The van der Waals surface area contributed by atoms with Gasteiger partial charge in [-0.05, 0) is 54.2 Å². The lowest BCUT2D eigenvalue weighted by Crippen LogP contribution is -2.22. The summed E-state index contributed by atoms with van der Waals surface area (Å²) in [5.41, 5.74) is 4.41. The van der Waals surface area contributed by atoms with E-state index in [0.717, 1.165) is 54.0 Å². The average Bonchev–Trinajstić information content (AvgIpc) is 3.26. The van der Waals surface area contributed by atoms with Gasteiger partial charge in [0.2, 0.25) is 5.91 Å². The van der Waals surface area contributed by atoms with Gasteiger partial charge in [0.1, 0.15) is 11.6 Å². The molecule has 36 heavy (non-hydrogen) atoms. The van der Waals surface area contributed by atoms with Crippen LogP contribution >= 0.6 is 0 Å². The monoisotopic (exact) mass is 481 g/mol. The molecule has 4 rings (SSSR count). The van der Waals surface area contributed by atoms with E-state index in [9.17, 15) is 4.79 Å². The number of para-hydroxylation sites is 3. The Labute approximate surface area is 213 Å². The summed E-state index contributed by atoms with van der Waals surface area (Å²) in [5.74, 6) is 2.37. The Hall–Kier alpha value is -3.86. The molecule has 5 nitrogen and oxygen atoms in total. The number of aryl methyl sites for hydroxylation is 2. The highest BCUT2D eigenvalue weighted by Crippen LogP contribution is 2.26. The number of nitrogens with one attached hydrogen (secondary N) is 1. The zero-order chi connectivity index (χ0) is 25.2. The van der Waals surface area contributed by atoms with E-state index < -0.39 is 0 Å². The van der Waals surface area contributed by atoms with Crippen molar-refractivity contribution in [2.45, 2.75) is 45.6 Å². The molecular weight excluding hydrogens is 446 g/mol. The van der Waals surface area contributed by atoms with Gasteiger partial charge in [-0.3, -0.25) is 4.79 Å². The second kappa shape index (κ2) is 12.7. The molecule has 0 aliphatic rings. The highest BCUT2D eigenvalue weighted by Gasteiger charge is 2.11. The van der Waals surface area contributed by atoms with E-state index in [-0.39, 0.29) is 5.91 Å². The maximum absolute atomic E-state index is 12.2. The molecule has 0 aliphatic carbocycles. The minimum atomic E-state index is -0.0776. The summed E-state index contributed by atoms with van der Waals surface area (Å²) in [6, 6.07) is 26.4. The zero-order valence-electron chi connectivity index (χ0n) is 21.2. The largest absolute Gasteiger partial charge is 0.493 e. The van der Waals surface area contributed by atoms with Gasteiger partial charge in [0.25, 0.3) is 0 Å². The van der Waals surface area contributed by atoms with Crippen molar-refractivity contribution in [3.8, 4) is 5.75 Å². The van der Waals surface area contributed by atoms with Crippen LogP contribution in [0.1, 0.15) is 49.6 Å². The summed E-state index contributed by atoms with van der Waals surface area (Å²) >= 11 is 0. The number of aromatic nitrogens is 2. The number of nitrogens with zero attached hydrogens (tertiary/aromatic N) is 2. The van der Waals surface area contributed by atoms with E-state index in [4.69, 9.17) is 9.72 Å². The maximum atomic E-state index is 12.2. The minimum Gasteiger partial charge on any atom is -0.493 e. The summed E-state index contributed by atoms with van der Waals surface area (Å²) in [7, 11) is 0. The number of ether oxygens (including phenoxy) is 1. The highest BCUT2D eigenvalue weighted by atomic mass is 16.5. The molecule has 0 aliphatic heterocycles. The van der Waals surface area contributed by atoms with Crippen molar-refractivity contribution in [2.75, 3.05) is 13.2 Å². The fourth-order valence-corrected chi connectivity index (χ4v) is 4.31. The number of benzene rings is 3. The van der Waals surface area contributed by atoms with Gasteiger partial charge in [0.05, 0.1) is 17.6 Å². The molecule has 1 amide bonds. The summed E-state index contributed by atoms with van der Waals surface area (Å²) in [4.78, 5) is 17.0. The first-order chi connectivity index (χ1) is 17.6. The summed E-state index contributed by atoms with van der Waals surface area (Å²) in [5, 5.41) is 2.98. The molecule has 0 radical (unpaired) electrons. The van der Waals surface area contributed by atoms with Gasteiger partial charge in [-0.1, -0.05) is 74.5 Å². The standard InChI is InChI=1S/C31H35N3O2/c1-24(2)26-14-6-9-17-29(26)36-23-11-22-34-28-16-8-7-15-27(28)33-30(34)18-10-21-32-31(35)20-19-25-12-4-3-5-13-25/h3-9,12-17,19-20,24H,10-11,18,21-23H2,1-2H3,(H,32,35)/b20-19-. The molecule has 0 unspecified atom stereocenters. The Balaban J connectivity index is 1.30. The van der Waals surface area contributed by atoms with Crippen LogP contribution < -0.4 is 10.1 Å². The lowest BCUT2D eigenvalue weighted by atomic mass is 10.0. The van der Waals surface area contributed by atoms with Crippen molar-refractivity contribution < 1.29 is 9.53 Å². The van der Waals surface area contributed by atoms with Crippen LogP contribution in [0.3, 0.4) is 0 Å². The lowest BCUT2D eigenvalue weighted by molar-refractivity contribution is -0.116. The van der Waals surface area contributed by atoms with E-state index in [0.29, 0.717) is 19.1 Å². The normalized spacial score (nSPS) is 11.4. The molecule has 5 heteroatoms. The zero-order valence-corrected chi connectivity index (χ0v) is 21.2. The second-order valence-electron chi connectivity index (χ2n) is 9.20. The first kappa shape index (κ1) is 25.2. The van der Waals surface area contributed by atoms with Gasteiger partial charge < -0.3 is 14.6 Å². The molecule has 1 N–H and O–H groups in total. The van der Waals surface area contributed by atoms with Crippen LogP contribution in [-0.2, 0) is 17.8 Å². The smallest absolute Gasteiger partial charge is 0.243 e. The van der Waals surface area contributed by atoms with Crippen molar-refractivity contribution >= 4 is 23.0 Å². The molecular formula is C31H35N3O2. The third-order valence-corrected chi connectivity index (χ3v) is 6.16. The predicted molar refractivity (Wildman–Crippen MR) is 147 cm³/mol. The Bertz CT molecular complexity index is 1290. The minimum absolute atomic E-state index is 0.0776. The van der Waals surface area contributed by atoms with Crippen LogP contribution in [0.5, 0.6) is 5.75 Å². The number of amides is 1. The third kappa shape index (κ3) is 6.85. The fraction of sp³-hybridized carbons (Fsp3) is 0.290. The average molecular weight is 482 g/mol. The molecule has 0 atom stereocenters. The summed E-state index contributed by atoms with van der Waals surface area (Å²) in [6.45, 7) is 6.48. The predicted octanol–water partition coefficient (Wildman–Crippen LogP) is 6.39. The topological polar surface area (TPSA) is 56.1 Å². The molecule has 1 aromatic heterocycles. The molecule has 0 saturated carbocycles. The van der Waals surface area contributed by atoms with Crippen molar-refractivity contribution in [3.63, 3.8) is 0 Å². The maximum Gasteiger partial charge on any atom is 0.243 e. The number of rotatable bonds is 12. The molecule has 186 valence electrons. The molecule has 0 spiro atoms. The summed E-state index contributed by atoms with van der Waals surface area (Å²) < 4.78 is 8.44. The lowest BCUT2D eigenvalue weighted by Gasteiger charge is -2.14. The highest BCUT2D eigenvalue weighted by molar-refractivity contribution is 5.91. The molecule has 0 fully saturated rings. The Kier molecular flexibility index (Phi) is 8.92. The number of carbonyl (C=O) groups excluding carboxylic acids is 1. The van der Waals surface area contributed by atoms with E-state index in [1.165, 1.54) is 5.56 Å². The van der Waals surface area contributed by atoms with Crippen LogP contribution in [-0.4, -0.2) is 28.6 Å². The van der Waals surface area contributed by atoms with Crippen LogP contribution in [0, 0.1) is 0 Å². The van der Waals surface area contributed by atoms with E-state index in [1.54, 1.807) is 6.08 Å². The first-order valence-corrected chi connectivity index (χ1v) is 12.8. The van der Waals surface area contributed by atoms with Crippen LogP contribution in [0.15, 0.2) is 84.9 Å². The molecule has 3 aromatic carbocycles. The number of imidazole rings is 1. The fourth-order valence-electron chi connectivity index (χ4n) is 4.31.